The average Bonchev–Trinajstić information content (AvgIpc) is 2.56. The summed E-state index contributed by atoms with van der Waals surface area (Å²) in [5.74, 6) is -3.24. The number of likely N-dealkylation sites (tertiary alicyclic amines) is 1. The number of likely N-dealkylation sites (N-methyl/N-ethyl adjacent to an activating group) is 1. The molecule has 0 bridgehead atoms. The molecule has 0 atom stereocenters. The van der Waals surface area contributed by atoms with E-state index in [2.05, 4.69) is 0 Å². The quantitative estimate of drug-likeness (QED) is 0.577. The van der Waals surface area contributed by atoms with Crippen molar-refractivity contribution in [3.05, 3.63) is 81.9 Å². The number of nitrogens with zero attached hydrogens (tertiary/aromatic N) is 1. The van der Waals surface area contributed by atoms with Gasteiger partial charge < -0.3 is 0 Å². The van der Waals surface area contributed by atoms with Crippen molar-refractivity contribution in [2.75, 3.05) is 19.6 Å². The van der Waals surface area contributed by atoms with E-state index in [1.54, 1.807) is 0 Å². The molecule has 0 saturated carbocycles. The number of ketones is 1. The predicted molar refractivity (Wildman–Crippen MR) is 95.8 cm³/mol. The lowest BCUT2D eigenvalue weighted by atomic mass is 9.94. The van der Waals surface area contributed by atoms with Crippen LogP contribution in [0.2, 0.25) is 0 Å². The highest BCUT2D eigenvalue weighted by molar-refractivity contribution is 6.14. The van der Waals surface area contributed by atoms with Crippen LogP contribution in [0, 0.1) is 23.3 Å². The van der Waals surface area contributed by atoms with Crippen molar-refractivity contribution in [1.29, 1.82) is 0 Å². The van der Waals surface area contributed by atoms with Crippen LogP contribution < -0.4 is 0 Å². The second-order valence-corrected chi connectivity index (χ2v) is 6.38. The van der Waals surface area contributed by atoms with E-state index in [9.17, 15) is 22.4 Å². The lowest BCUT2D eigenvalue weighted by Crippen LogP contribution is -2.37. The fourth-order valence-corrected chi connectivity index (χ4v) is 3.05. The molecule has 0 spiro atoms. The Morgan fingerprint density at radius 2 is 1.15 bits per heavy atom. The van der Waals surface area contributed by atoms with Crippen molar-refractivity contribution < 1.29 is 22.4 Å². The van der Waals surface area contributed by atoms with E-state index in [4.69, 9.17) is 0 Å². The van der Waals surface area contributed by atoms with Crippen LogP contribution in [0.3, 0.4) is 0 Å². The van der Waals surface area contributed by atoms with E-state index in [1.165, 1.54) is 12.2 Å². The zero-order valence-corrected chi connectivity index (χ0v) is 14.6. The first-order chi connectivity index (χ1) is 12.8. The summed E-state index contributed by atoms with van der Waals surface area (Å²) in [6.07, 6.45) is 2.88. The number of hydrogen-bond acceptors (Lipinski definition) is 2. The van der Waals surface area contributed by atoms with Gasteiger partial charge >= 0.3 is 0 Å². The summed E-state index contributed by atoms with van der Waals surface area (Å²) < 4.78 is 53.7. The number of rotatable bonds is 3. The van der Waals surface area contributed by atoms with E-state index >= 15 is 0 Å². The maximum absolute atomic E-state index is 13.4. The minimum absolute atomic E-state index is 0.241. The van der Waals surface area contributed by atoms with Crippen molar-refractivity contribution in [3.8, 4) is 0 Å². The molecular formula is C21H17F4NO. The van der Waals surface area contributed by atoms with Crippen molar-refractivity contribution >= 4 is 17.9 Å². The Bertz CT molecular complexity index is 835. The molecule has 0 amide bonds. The fourth-order valence-electron chi connectivity index (χ4n) is 3.05. The zero-order valence-electron chi connectivity index (χ0n) is 14.6. The van der Waals surface area contributed by atoms with Crippen LogP contribution >= 0.6 is 0 Å². The highest BCUT2D eigenvalue weighted by atomic mass is 19.1. The van der Waals surface area contributed by atoms with Crippen molar-refractivity contribution in [1.82, 2.24) is 4.90 Å². The molecule has 3 rings (SSSR count). The largest absolute Gasteiger partial charge is 0.295 e. The summed E-state index contributed by atoms with van der Waals surface area (Å²) in [4.78, 5) is 14.7. The van der Waals surface area contributed by atoms with E-state index in [1.807, 2.05) is 11.8 Å². The van der Waals surface area contributed by atoms with Gasteiger partial charge in [-0.15, -0.1) is 0 Å². The molecule has 2 aromatic carbocycles. The van der Waals surface area contributed by atoms with Gasteiger partial charge in [0.05, 0.1) is 0 Å². The molecule has 0 aliphatic carbocycles. The summed E-state index contributed by atoms with van der Waals surface area (Å²) in [5.41, 5.74) is 1.20. The van der Waals surface area contributed by atoms with Gasteiger partial charge in [0.25, 0.3) is 0 Å². The molecular weight excluding hydrogens is 358 g/mol. The standard InChI is InChI=1S/C21H17F4NO/c1-2-26-11-15(3-13-5-17(22)9-18(23)6-13)21(27)16(12-26)4-14-7-19(24)10-20(25)8-14/h3-10H,2,11-12H2,1H3/b15-3+,16-4+. The number of hydrogen-bond donors (Lipinski definition) is 0. The summed E-state index contributed by atoms with van der Waals surface area (Å²) in [6.45, 7) is 3.19. The van der Waals surface area contributed by atoms with Crippen molar-refractivity contribution in [3.63, 3.8) is 0 Å². The molecule has 2 aromatic rings. The van der Waals surface area contributed by atoms with Crippen LogP contribution in [0.25, 0.3) is 12.2 Å². The van der Waals surface area contributed by atoms with Gasteiger partial charge in [-0.2, -0.15) is 0 Å². The molecule has 27 heavy (non-hydrogen) atoms. The van der Waals surface area contributed by atoms with E-state index in [0.29, 0.717) is 30.8 Å². The molecule has 0 unspecified atom stereocenters. The molecule has 1 aliphatic heterocycles. The molecule has 1 heterocycles. The number of halogens is 4. The first kappa shape index (κ1) is 19.0. The number of piperidine rings is 1. The lowest BCUT2D eigenvalue weighted by Gasteiger charge is -2.28. The Hall–Kier alpha value is -2.73. The first-order valence-corrected chi connectivity index (χ1v) is 8.44. The van der Waals surface area contributed by atoms with Gasteiger partial charge in [-0.05, 0) is 54.1 Å². The van der Waals surface area contributed by atoms with Crippen LogP contribution in [-0.4, -0.2) is 30.3 Å². The van der Waals surface area contributed by atoms with Crippen molar-refractivity contribution in [2.24, 2.45) is 0 Å². The van der Waals surface area contributed by atoms with Gasteiger partial charge in [-0.1, -0.05) is 6.92 Å². The smallest absolute Gasteiger partial charge is 0.187 e. The summed E-state index contributed by atoms with van der Waals surface area (Å²) in [7, 11) is 0. The van der Waals surface area contributed by atoms with Crippen LogP contribution in [0.15, 0.2) is 47.5 Å². The van der Waals surface area contributed by atoms with Crippen LogP contribution in [0.5, 0.6) is 0 Å². The maximum atomic E-state index is 13.4. The Morgan fingerprint density at radius 1 is 0.778 bits per heavy atom. The van der Waals surface area contributed by atoms with E-state index in [0.717, 1.165) is 36.4 Å². The van der Waals surface area contributed by atoms with Gasteiger partial charge in [0.1, 0.15) is 23.3 Å². The Kier molecular flexibility index (Phi) is 5.56. The Balaban J connectivity index is 1.99. The minimum atomic E-state index is -0.733. The van der Waals surface area contributed by atoms with Gasteiger partial charge in [0.15, 0.2) is 5.78 Å². The number of carbonyl (C=O) groups excluding carboxylic acids is 1. The number of benzene rings is 2. The van der Waals surface area contributed by atoms with Crippen LogP contribution in [0.4, 0.5) is 17.6 Å². The monoisotopic (exact) mass is 375 g/mol. The minimum Gasteiger partial charge on any atom is -0.295 e. The molecule has 1 fully saturated rings. The second-order valence-electron chi connectivity index (χ2n) is 6.38. The highest BCUT2D eigenvalue weighted by Gasteiger charge is 2.25. The van der Waals surface area contributed by atoms with Gasteiger partial charge in [0, 0.05) is 36.4 Å². The van der Waals surface area contributed by atoms with Gasteiger partial charge in [-0.25, -0.2) is 17.6 Å². The molecule has 6 heteroatoms. The summed E-state index contributed by atoms with van der Waals surface area (Å²) in [5, 5.41) is 0. The SMILES string of the molecule is CCN1C/C(=C\c2cc(F)cc(F)c2)C(=O)/C(=C/c2cc(F)cc(F)c2)C1. The third kappa shape index (κ3) is 4.71. The third-order valence-electron chi connectivity index (χ3n) is 4.27. The Labute approximate surface area is 154 Å². The van der Waals surface area contributed by atoms with Crippen molar-refractivity contribution in [2.45, 2.75) is 6.92 Å². The highest BCUT2D eigenvalue weighted by Crippen LogP contribution is 2.23. The summed E-state index contributed by atoms with van der Waals surface area (Å²) in [6, 6.07) is 6.07. The van der Waals surface area contributed by atoms with Gasteiger partial charge in [0.2, 0.25) is 0 Å². The fraction of sp³-hybridized carbons (Fsp3) is 0.190. The molecule has 1 saturated heterocycles. The number of Topliss-reactive ketones (excluding diaryl/α,β-unsaturated/α-hetero) is 1. The molecule has 2 nitrogen and oxygen atoms in total. The van der Waals surface area contributed by atoms with E-state index in [-0.39, 0.29) is 16.9 Å². The lowest BCUT2D eigenvalue weighted by molar-refractivity contribution is -0.113. The average molecular weight is 375 g/mol. The van der Waals surface area contributed by atoms with Crippen LogP contribution in [-0.2, 0) is 4.79 Å². The maximum Gasteiger partial charge on any atom is 0.187 e. The molecule has 0 N–H and O–H groups in total. The number of carbonyl (C=O) groups is 1. The molecule has 0 radical (unpaired) electrons. The zero-order chi connectivity index (χ0) is 19.6. The van der Waals surface area contributed by atoms with Gasteiger partial charge in [-0.3, -0.25) is 9.69 Å². The molecule has 0 aromatic heterocycles. The summed E-state index contributed by atoms with van der Waals surface area (Å²) >= 11 is 0. The van der Waals surface area contributed by atoms with Crippen LogP contribution in [0.1, 0.15) is 18.1 Å². The normalized spacial score (nSPS) is 18.5. The molecule has 1 aliphatic rings. The Morgan fingerprint density at radius 3 is 1.48 bits per heavy atom. The predicted octanol–water partition coefficient (Wildman–Crippen LogP) is 4.61. The topological polar surface area (TPSA) is 20.3 Å². The van der Waals surface area contributed by atoms with E-state index < -0.39 is 23.3 Å². The first-order valence-electron chi connectivity index (χ1n) is 8.44. The third-order valence-corrected chi connectivity index (χ3v) is 4.27. The molecule has 140 valence electrons. The second kappa shape index (κ2) is 7.88.